The molecule has 16 heavy (non-hydrogen) atoms. The predicted molar refractivity (Wildman–Crippen MR) is 62.8 cm³/mol. The van der Waals surface area contributed by atoms with Crippen LogP contribution in [0.4, 0.5) is 5.82 Å². The molecule has 4 nitrogen and oxygen atoms in total. The Morgan fingerprint density at radius 1 is 1.38 bits per heavy atom. The van der Waals surface area contributed by atoms with Crippen LogP contribution in [-0.4, -0.2) is 16.1 Å². The topological polar surface area (TPSA) is 60.9 Å². The van der Waals surface area contributed by atoms with Gasteiger partial charge in [0.15, 0.2) is 6.29 Å². The quantitative estimate of drug-likeness (QED) is 0.778. The molecule has 1 aromatic heterocycles. The van der Waals surface area contributed by atoms with Crippen LogP contribution in [0.3, 0.4) is 0 Å². The molecule has 4 heteroatoms. The molecule has 0 bridgehead atoms. The van der Waals surface area contributed by atoms with Gasteiger partial charge in [-0.15, -0.1) is 0 Å². The summed E-state index contributed by atoms with van der Waals surface area (Å²) in [5, 5.41) is 4.25. The summed E-state index contributed by atoms with van der Waals surface area (Å²) in [5.41, 5.74) is 8.96. The maximum Gasteiger partial charge on any atom is 0.155 e. The number of carbonyl (C=O) groups excluding carboxylic acids is 1. The van der Waals surface area contributed by atoms with E-state index in [1.807, 2.05) is 31.2 Å². The van der Waals surface area contributed by atoms with Crippen LogP contribution in [0.25, 0.3) is 5.69 Å². The van der Waals surface area contributed by atoms with E-state index in [2.05, 4.69) is 5.10 Å². The zero-order valence-corrected chi connectivity index (χ0v) is 9.27. The number of nitrogen functional groups attached to an aromatic ring is 1. The summed E-state index contributed by atoms with van der Waals surface area (Å²) in [6.07, 6.45) is 0.740. The Morgan fingerprint density at radius 2 is 2.12 bits per heavy atom. The number of benzene rings is 1. The van der Waals surface area contributed by atoms with Crippen molar-refractivity contribution in [3.63, 3.8) is 0 Å². The maximum atomic E-state index is 10.8. The van der Waals surface area contributed by atoms with Crippen molar-refractivity contribution < 1.29 is 4.79 Å². The first kappa shape index (κ1) is 10.4. The highest BCUT2D eigenvalue weighted by Crippen LogP contribution is 2.19. The number of hydrogen-bond acceptors (Lipinski definition) is 3. The molecular formula is C12H13N3O. The van der Waals surface area contributed by atoms with E-state index >= 15 is 0 Å². The molecule has 2 aromatic rings. The summed E-state index contributed by atoms with van der Waals surface area (Å²) >= 11 is 0. The fourth-order valence-corrected chi connectivity index (χ4v) is 1.66. The molecule has 0 spiro atoms. The van der Waals surface area contributed by atoms with Gasteiger partial charge in [-0.3, -0.25) is 4.79 Å². The van der Waals surface area contributed by atoms with E-state index in [-0.39, 0.29) is 0 Å². The number of aldehydes is 1. The third-order valence-electron chi connectivity index (χ3n) is 2.51. The van der Waals surface area contributed by atoms with Gasteiger partial charge in [0, 0.05) is 0 Å². The second-order valence-corrected chi connectivity index (χ2v) is 3.75. The van der Waals surface area contributed by atoms with Gasteiger partial charge in [-0.05, 0) is 31.5 Å². The SMILES string of the molecule is Cc1cccc(-n2nc(C)c(C=O)c2N)c1. The van der Waals surface area contributed by atoms with Gasteiger partial charge in [0.1, 0.15) is 5.82 Å². The van der Waals surface area contributed by atoms with Crippen molar-refractivity contribution in [1.29, 1.82) is 0 Å². The van der Waals surface area contributed by atoms with Crippen molar-refractivity contribution in [2.75, 3.05) is 5.73 Å². The van der Waals surface area contributed by atoms with E-state index < -0.39 is 0 Å². The molecule has 0 aliphatic rings. The Kier molecular flexibility index (Phi) is 2.48. The largest absolute Gasteiger partial charge is 0.383 e. The summed E-state index contributed by atoms with van der Waals surface area (Å²) in [4.78, 5) is 10.8. The summed E-state index contributed by atoms with van der Waals surface area (Å²) in [6.45, 7) is 3.77. The normalized spacial score (nSPS) is 10.4. The van der Waals surface area contributed by atoms with Crippen LogP contribution in [-0.2, 0) is 0 Å². The lowest BCUT2D eigenvalue weighted by Gasteiger charge is -2.04. The summed E-state index contributed by atoms with van der Waals surface area (Å²) in [6, 6.07) is 7.81. The number of aryl methyl sites for hydroxylation is 2. The van der Waals surface area contributed by atoms with Crippen LogP contribution in [0, 0.1) is 13.8 Å². The molecular weight excluding hydrogens is 202 g/mol. The lowest BCUT2D eigenvalue weighted by molar-refractivity contribution is 0.112. The molecule has 2 rings (SSSR count). The van der Waals surface area contributed by atoms with Crippen LogP contribution >= 0.6 is 0 Å². The molecule has 1 heterocycles. The standard InChI is InChI=1S/C12H13N3O/c1-8-4-3-5-10(6-8)15-12(13)11(7-16)9(2)14-15/h3-7H,13H2,1-2H3. The number of aromatic nitrogens is 2. The smallest absolute Gasteiger partial charge is 0.155 e. The van der Waals surface area contributed by atoms with Crippen LogP contribution < -0.4 is 5.73 Å². The average molecular weight is 215 g/mol. The fraction of sp³-hybridized carbons (Fsp3) is 0.167. The van der Waals surface area contributed by atoms with E-state index in [1.54, 1.807) is 11.6 Å². The zero-order valence-electron chi connectivity index (χ0n) is 9.27. The van der Waals surface area contributed by atoms with Crippen LogP contribution in [0.2, 0.25) is 0 Å². The number of hydrogen-bond donors (Lipinski definition) is 1. The molecule has 2 N–H and O–H groups in total. The van der Waals surface area contributed by atoms with Gasteiger partial charge >= 0.3 is 0 Å². The highest BCUT2D eigenvalue weighted by Gasteiger charge is 2.12. The third-order valence-corrected chi connectivity index (χ3v) is 2.51. The van der Waals surface area contributed by atoms with Gasteiger partial charge in [0.25, 0.3) is 0 Å². The van der Waals surface area contributed by atoms with Gasteiger partial charge in [-0.25, -0.2) is 4.68 Å². The molecule has 0 unspecified atom stereocenters. The van der Waals surface area contributed by atoms with Gasteiger partial charge in [0.2, 0.25) is 0 Å². The lowest BCUT2D eigenvalue weighted by Crippen LogP contribution is -2.02. The van der Waals surface area contributed by atoms with E-state index in [0.717, 1.165) is 17.5 Å². The van der Waals surface area contributed by atoms with Crippen molar-refractivity contribution in [3.05, 3.63) is 41.1 Å². The highest BCUT2D eigenvalue weighted by atomic mass is 16.1. The predicted octanol–water partition coefficient (Wildman–Crippen LogP) is 1.88. The molecule has 0 saturated heterocycles. The first-order valence-corrected chi connectivity index (χ1v) is 5.01. The zero-order chi connectivity index (χ0) is 11.7. The van der Waals surface area contributed by atoms with Crippen LogP contribution in [0.15, 0.2) is 24.3 Å². The minimum Gasteiger partial charge on any atom is -0.383 e. The molecule has 1 aromatic carbocycles. The number of rotatable bonds is 2. The van der Waals surface area contributed by atoms with Gasteiger partial charge in [-0.1, -0.05) is 12.1 Å². The summed E-state index contributed by atoms with van der Waals surface area (Å²) in [7, 11) is 0. The number of carbonyl (C=O) groups is 1. The Labute approximate surface area is 93.7 Å². The number of nitrogens with zero attached hydrogens (tertiary/aromatic N) is 2. The number of anilines is 1. The highest BCUT2D eigenvalue weighted by molar-refractivity contribution is 5.84. The minimum absolute atomic E-state index is 0.387. The first-order valence-electron chi connectivity index (χ1n) is 5.01. The number of nitrogens with two attached hydrogens (primary N) is 1. The first-order chi connectivity index (χ1) is 7.63. The molecule has 0 atom stereocenters. The van der Waals surface area contributed by atoms with Crippen molar-refractivity contribution in [2.45, 2.75) is 13.8 Å². The molecule has 0 aliphatic heterocycles. The van der Waals surface area contributed by atoms with Gasteiger partial charge in [-0.2, -0.15) is 5.10 Å². The van der Waals surface area contributed by atoms with Crippen LogP contribution in [0.5, 0.6) is 0 Å². The van der Waals surface area contributed by atoms with Crippen molar-refractivity contribution in [1.82, 2.24) is 9.78 Å². The van der Waals surface area contributed by atoms with E-state index in [1.165, 1.54) is 0 Å². The van der Waals surface area contributed by atoms with Crippen LogP contribution in [0.1, 0.15) is 21.6 Å². The fourth-order valence-electron chi connectivity index (χ4n) is 1.66. The second kappa shape index (κ2) is 3.81. The molecule has 0 saturated carbocycles. The molecule has 0 radical (unpaired) electrons. The van der Waals surface area contributed by atoms with Crippen molar-refractivity contribution in [3.8, 4) is 5.69 Å². The van der Waals surface area contributed by atoms with E-state index in [9.17, 15) is 4.79 Å². The Balaban J connectivity index is 2.61. The monoisotopic (exact) mass is 215 g/mol. The Hall–Kier alpha value is -2.10. The van der Waals surface area contributed by atoms with Gasteiger partial charge < -0.3 is 5.73 Å². The maximum absolute atomic E-state index is 10.8. The second-order valence-electron chi connectivity index (χ2n) is 3.75. The third kappa shape index (κ3) is 1.58. The molecule has 0 amide bonds. The molecule has 0 fully saturated rings. The lowest BCUT2D eigenvalue weighted by atomic mass is 10.2. The Bertz CT molecular complexity index is 543. The summed E-state index contributed by atoms with van der Waals surface area (Å²) < 4.78 is 1.59. The van der Waals surface area contributed by atoms with Gasteiger partial charge in [0.05, 0.1) is 16.9 Å². The Morgan fingerprint density at radius 3 is 2.69 bits per heavy atom. The minimum atomic E-state index is 0.387. The molecule has 82 valence electrons. The van der Waals surface area contributed by atoms with E-state index in [0.29, 0.717) is 17.1 Å². The van der Waals surface area contributed by atoms with Crippen molar-refractivity contribution >= 4 is 12.1 Å². The summed E-state index contributed by atoms with van der Waals surface area (Å²) in [5.74, 6) is 0.387. The van der Waals surface area contributed by atoms with Crippen molar-refractivity contribution in [2.24, 2.45) is 0 Å². The molecule has 0 aliphatic carbocycles. The van der Waals surface area contributed by atoms with E-state index in [4.69, 9.17) is 5.73 Å². The average Bonchev–Trinajstić information content (AvgIpc) is 2.54.